The van der Waals surface area contributed by atoms with E-state index in [1.165, 1.54) is 37.5 Å². The molecule has 26 heavy (non-hydrogen) atoms. The number of rotatable bonds is 9. The van der Waals surface area contributed by atoms with Crippen molar-refractivity contribution < 1.29 is 4.79 Å². The first-order valence-electron chi connectivity index (χ1n) is 8.60. The molecule has 0 spiro atoms. The number of unbranched alkanes of at least 4 members (excludes halogenated alkanes) is 1. The van der Waals surface area contributed by atoms with Crippen molar-refractivity contribution in [2.45, 2.75) is 26.2 Å². The van der Waals surface area contributed by atoms with Gasteiger partial charge in [-0.2, -0.15) is 0 Å². The van der Waals surface area contributed by atoms with Gasteiger partial charge in [-0.1, -0.05) is 6.92 Å². The summed E-state index contributed by atoms with van der Waals surface area (Å²) in [5, 5.41) is 5.70. The molecule has 0 unspecified atom stereocenters. The zero-order chi connectivity index (χ0) is 16.5. The molecule has 1 aliphatic heterocycles. The molecule has 0 radical (unpaired) electrons. The largest absolute Gasteiger partial charge is 0.351 e. The zero-order valence-electron chi connectivity index (χ0n) is 15.3. The Hall–Kier alpha value is -0.150. The SMILES string of the molecule is CCN1CCN(CCCCNC(=O)c2csc(CCN)n2)CC1.Cl.Cl.Cl. The van der Waals surface area contributed by atoms with Gasteiger partial charge in [0.2, 0.25) is 0 Å². The van der Waals surface area contributed by atoms with E-state index >= 15 is 0 Å². The second-order valence-corrected chi connectivity index (χ2v) is 6.85. The average molecular weight is 449 g/mol. The maximum absolute atomic E-state index is 12.0. The van der Waals surface area contributed by atoms with E-state index in [0.29, 0.717) is 12.2 Å². The van der Waals surface area contributed by atoms with Gasteiger partial charge in [0, 0.05) is 44.5 Å². The van der Waals surface area contributed by atoms with Crippen LogP contribution in [-0.2, 0) is 6.42 Å². The normalized spacial score (nSPS) is 14.7. The summed E-state index contributed by atoms with van der Waals surface area (Å²) in [5.74, 6) is -0.0684. The number of piperazine rings is 1. The van der Waals surface area contributed by atoms with E-state index in [1.807, 2.05) is 5.38 Å². The van der Waals surface area contributed by atoms with E-state index in [0.717, 1.165) is 43.9 Å². The highest BCUT2D eigenvalue weighted by Crippen LogP contribution is 2.10. The molecule has 1 aromatic heterocycles. The molecule has 0 aliphatic carbocycles. The van der Waals surface area contributed by atoms with Gasteiger partial charge in [0.15, 0.2) is 0 Å². The number of nitrogens with zero attached hydrogens (tertiary/aromatic N) is 3. The minimum atomic E-state index is -0.0684. The van der Waals surface area contributed by atoms with Crippen molar-refractivity contribution in [3.05, 3.63) is 16.1 Å². The lowest BCUT2D eigenvalue weighted by Crippen LogP contribution is -2.46. The van der Waals surface area contributed by atoms with Crippen LogP contribution < -0.4 is 11.1 Å². The number of amides is 1. The van der Waals surface area contributed by atoms with E-state index in [1.54, 1.807) is 0 Å². The van der Waals surface area contributed by atoms with Crippen molar-refractivity contribution in [1.29, 1.82) is 0 Å². The number of thiazole rings is 1. The number of hydrogen-bond donors (Lipinski definition) is 2. The van der Waals surface area contributed by atoms with Gasteiger partial charge in [0.1, 0.15) is 5.69 Å². The molecule has 154 valence electrons. The maximum atomic E-state index is 12.0. The Morgan fingerprint density at radius 2 is 1.85 bits per heavy atom. The van der Waals surface area contributed by atoms with Gasteiger partial charge in [-0.25, -0.2) is 4.98 Å². The molecule has 0 aromatic carbocycles. The van der Waals surface area contributed by atoms with Gasteiger partial charge in [-0.05, 0) is 32.5 Å². The molecule has 3 N–H and O–H groups in total. The number of halogens is 3. The fourth-order valence-corrected chi connectivity index (χ4v) is 3.53. The summed E-state index contributed by atoms with van der Waals surface area (Å²) in [6, 6.07) is 0. The highest BCUT2D eigenvalue weighted by atomic mass is 35.5. The number of aromatic nitrogens is 1. The van der Waals surface area contributed by atoms with Crippen molar-refractivity contribution in [1.82, 2.24) is 20.1 Å². The summed E-state index contributed by atoms with van der Waals surface area (Å²) < 4.78 is 0. The summed E-state index contributed by atoms with van der Waals surface area (Å²) in [4.78, 5) is 21.3. The third kappa shape index (κ3) is 9.69. The number of carbonyl (C=O) groups excluding carboxylic acids is 1. The van der Waals surface area contributed by atoms with Crippen LogP contribution in [0.5, 0.6) is 0 Å². The Balaban J connectivity index is 0. The molecular formula is C16H32Cl3N5OS. The van der Waals surface area contributed by atoms with E-state index in [2.05, 4.69) is 27.0 Å². The van der Waals surface area contributed by atoms with Crippen LogP contribution in [0, 0.1) is 0 Å². The quantitative estimate of drug-likeness (QED) is 0.566. The monoisotopic (exact) mass is 447 g/mol. The minimum absolute atomic E-state index is 0. The van der Waals surface area contributed by atoms with Crippen LogP contribution in [0.3, 0.4) is 0 Å². The maximum Gasteiger partial charge on any atom is 0.270 e. The molecule has 0 saturated carbocycles. The number of nitrogens with one attached hydrogen (secondary N) is 1. The van der Waals surface area contributed by atoms with E-state index in [9.17, 15) is 4.79 Å². The molecule has 6 nitrogen and oxygen atoms in total. The zero-order valence-corrected chi connectivity index (χ0v) is 18.6. The van der Waals surface area contributed by atoms with Gasteiger partial charge in [0.25, 0.3) is 5.91 Å². The summed E-state index contributed by atoms with van der Waals surface area (Å²) in [6.07, 6.45) is 2.88. The van der Waals surface area contributed by atoms with Crippen LogP contribution in [0.15, 0.2) is 5.38 Å². The molecule has 1 amide bonds. The fourth-order valence-electron chi connectivity index (χ4n) is 2.74. The molecule has 10 heteroatoms. The summed E-state index contributed by atoms with van der Waals surface area (Å²) in [5.41, 5.74) is 6.02. The molecule has 0 atom stereocenters. The second kappa shape index (κ2) is 15.9. The molecule has 0 bridgehead atoms. The van der Waals surface area contributed by atoms with Gasteiger partial charge < -0.3 is 20.9 Å². The standard InChI is InChI=1S/C16H29N5OS.3ClH/c1-2-20-9-11-21(12-10-20)8-4-3-7-18-16(22)14-13-23-15(19-14)5-6-17;;;/h13H,2-12,17H2,1H3,(H,18,22);3*1H. The van der Waals surface area contributed by atoms with Crippen molar-refractivity contribution in [2.75, 3.05) is 52.4 Å². The molecular weight excluding hydrogens is 417 g/mol. The Morgan fingerprint density at radius 1 is 1.19 bits per heavy atom. The first-order valence-corrected chi connectivity index (χ1v) is 9.48. The molecule has 2 heterocycles. The van der Waals surface area contributed by atoms with Crippen LogP contribution in [0.25, 0.3) is 0 Å². The Bertz CT molecular complexity index is 484. The predicted molar refractivity (Wildman–Crippen MR) is 117 cm³/mol. The van der Waals surface area contributed by atoms with Gasteiger partial charge in [-0.3, -0.25) is 4.79 Å². The molecule has 1 saturated heterocycles. The third-order valence-electron chi connectivity index (χ3n) is 4.24. The lowest BCUT2D eigenvalue weighted by atomic mass is 10.2. The van der Waals surface area contributed by atoms with Crippen molar-refractivity contribution in [3.8, 4) is 0 Å². The average Bonchev–Trinajstić information content (AvgIpc) is 3.04. The van der Waals surface area contributed by atoms with Crippen molar-refractivity contribution in [2.24, 2.45) is 5.73 Å². The first-order chi connectivity index (χ1) is 11.2. The van der Waals surface area contributed by atoms with Crippen molar-refractivity contribution in [3.63, 3.8) is 0 Å². The van der Waals surface area contributed by atoms with Gasteiger partial charge in [-0.15, -0.1) is 48.6 Å². The van der Waals surface area contributed by atoms with E-state index in [-0.39, 0.29) is 43.1 Å². The highest BCUT2D eigenvalue weighted by Gasteiger charge is 2.14. The summed E-state index contributed by atoms with van der Waals surface area (Å²) >= 11 is 1.50. The fraction of sp³-hybridized carbons (Fsp3) is 0.750. The molecule has 2 rings (SSSR count). The van der Waals surface area contributed by atoms with Crippen LogP contribution in [0.4, 0.5) is 0 Å². The first kappa shape index (κ1) is 28.1. The lowest BCUT2D eigenvalue weighted by molar-refractivity contribution is 0.0947. The van der Waals surface area contributed by atoms with Crippen LogP contribution in [0.1, 0.15) is 35.3 Å². The van der Waals surface area contributed by atoms with Gasteiger partial charge >= 0.3 is 0 Å². The number of carbonyl (C=O) groups is 1. The van der Waals surface area contributed by atoms with Crippen LogP contribution in [-0.4, -0.2) is 73.0 Å². The molecule has 1 fully saturated rings. The smallest absolute Gasteiger partial charge is 0.270 e. The topological polar surface area (TPSA) is 74.5 Å². The summed E-state index contributed by atoms with van der Waals surface area (Å²) in [6.45, 7) is 10.5. The molecule has 1 aliphatic rings. The number of nitrogens with two attached hydrogens (primary N) is 1. The Kier molecular flexibility index (Phi) is 17.1. The second-order valence-electron chi connectivity index (χ2n) is 5.90. The van der Waals surface area contributed by atoms with Crippen molar-refractivity contribution >= 4 is 54.5 Å². The van der Waals surface area contributed by atoms with Gasteiger partial charge in [0.05, 0.1) is 5.01 Å². The summed E-state index contributed by atoms with van der Waals surface area (Å²) in [7, 11) is 0. The Labute approximate surface area is 179 Å². The van der Waals surface area contributed by atoms with Crippen LogP contribution in [0.2, 0.25) is 0 Å². The van der Waals surface area contributed by atoms with E-state index in [4.69, 9.17) is 5.73 Å². The third-order valence-corrected chi connectivity index (χ3v) is 5.15. The predicted octanol–water partition coefficient (Wildman–Crippen LogP) is 2.06. The number of likely N-dealkylation sites (N-methyl/N-ethyl adjacent to an activating group) is 1. The lowest BCUT2D eigenvalue weighted by Gasteiger charge is -2.33. The van der Waals surface area contributed by atoms with E-state index < -0.39 is 0 Å². The minimum Gasteiger partial charge on any atom is -0.351 e. The molecule has 1 aromatic rings. The van der Waals surface area contributed by atoms with Crippen LogP contribution >= 0.6 is 48.6 Å². The number of hydrogen-bond acceptors (Lipinski definition) is 6. The highest BCUT2D eigenvalue weighted by molar-refractivity contribution is 7.09. The Morgan fingerprint density at radius 3 is 2.46 bits per heavy atom.